The van der Waals surface area contributed by atoms with Crippen molar-refractivity contribution in [2.75, 3.05) is 93.9 Å². The zero-order valence-electron chi connectivity index (χ0n) is 32.3. The molecule has 3 aromatic heterocycles. The summed E-state index contributed by atoms with van der Waals surface area (Å²) < 4.78 is 16.5. The molecule has 6 heterocycles. The van der Waals surface area contributed by atoms with Gasteiger partial charge in [0.05, 0.1) is 45.0 Å². The van der Waals surface area contributed by atoms with E-state index >= 15 is 0 Å². The number of hydrogen-bond acceptors (Lipinski definition) is 13. The zero-order valence-corrected chi connectivity index (χ0v) is 32.3. The van der Waals surface area contributed by atoms with Crippen molar-refractivity contribution in [3.8, 4) is 22.8 Å². The number of pyridine rings is 1. The van der Waals surface area contributed by atoms with Crippen LogP contribution in [0, 0.1) is 0 Å². The molecule has 3 aliphatic rings. The first-order valence-electron chi connectivity index (χ1n) is 19.2. The van der Waals surface area contributed by atoms with Gasteiger partial charge in [-0.3, -0.25) is 0 Å². The molecule has 3 aliphatic heterocycles. The molecule has 8 rings (SSSR count). The lowest BCUT2D eigenvalue weighted by atomic mass is 10.0. The number of rotatable bonds is 12. The fourth-order valence-electron chi connectivity index (χ4n) is 7.68. The summed E-state index contributed by atoms with van der Waals surface area (Å²) in [6.45, 7) is 6.83. The largest absolute Gasteiger partial charge is 0.497 e. The van der Waals surface area contributed by atoms with Crippen LogP contribution in [0.4, 0.5) is 29.2 Å². The minimum Gasteiger partial charge on any atom is -0.497 e. The van der Waals surface area contributed by atoms with Crippen molar-refractivity contribution >= 4 is 29.2 Å². The Hall–Kier alpha value is -5.53. The number of fused-ring (bicyclic) bond motifs is 1. The van der Waals surface area contributed by atoms with Crippen LogP contribution in [0.25, 0.3) is 11.3 Å². The number of ether oxygens (including phenoxy) is 3. The molecule has 2 saturated heterocycles. The normalized spacial score (nSPS) is 16.1. The summed E-state index contributed by atoms with van der Waals surface area (Å²) in [5, 5.41) is 0. The van der Waals surface area contributed by atoms with Crippen LogP contribution in [0.15, 0.2) is 79.3 Å². The zero-order chi connectivity index (χ0) is 37.7. The molecule has 0 radical (unpaired) electrons. The number of morpholine rings is 1. The molecule has 0 atom stereocenters. The highest BCUT2D eigenvalue weighted by molar-refractivity contribution is 5.77. The van der Waals surface area contributed by atoms with E-state index < -0.39 is 0 Å². The molecular weight excluding hydrogens is 693 g/mol. The van der Waals surface area contributed by atoms with Crippen LogP contribution in [-0.2, 0) is 24.2 Å². The van der Waals surface area contributed by atoms with Gasteiger partial charge >= 0.3 is 0 Å². The molecule has 13 heteroatoms. The van der Waals surface area contributed by atoms with E-state index in [9.17, 15) is 0 Å². The van der Waals surface area contributed by atoms with Crippen LogP contribution >= 0.6 is 0 Å². The minimum absolute atomic E-state index is 0.621. The predicted molar refractivity (Wildman–Crippen MR) is 216 cm³/mol. The lowest BCUT2D eigenvalue weighted by Crippen LogP contribution is -2.42. The van der Waals surface area contributed by atoms with Gasteiger partial charge < -0.3 is 38.7 Å². The third-order valence-electron chi connectivity index (χ3n) is 10.9. The Balaban J connectivity index is 1.08. The standard InChI is InChI=1S/C42H50N10O3/c1-48(2)33-15-18-49(19-16-33)38-14-9-34(27-43-38)52-20-17-37-39(46-42(47-40(37)52)50-21-23-55-24-22-50)32-25-44-41(45-26-32)51(28-30-5-10-35(53-3)11-6-30)29-31-7-12-36(54-4)13-8-31/h5-14,25-27,33H,15-24,28-29H2,1-4H3. The summed E-state index contributed by atoms with van der Waals surface area (Å²) in [4.78, 5) is 36.7. The minimum atomic E-state index is 0.621. The molecular formula is C42H50N10O3. The van der Waals surface area contributed by atoms with Crippen molar-refractivity contribution in [2.45, 2.75) is 38.4 Å². The van der Waals surface area contributed by atoms with E-state index in [2.05, 4.69) is 75.0 Å². The number of benzene rings is 2. The summed E-state index contributed by atoms with van der Waals surface area (Å²) in [5.41, 5.74) is 6.11. The lowest BCUT2D eigenvalue weighted by molar-refractivity contribution is 0.122. The van der Waals surface area contributed by atoms with E-state index in [1.54, 1.807) is 14.2 Å². The highest BCUT2D eigenvalue weighted by Gasteiger charge is 2.30. The second kappa shape index (κ2) is 16.5. The van der Waals surface area contributed by atoms with Crippen LogP contribution in [-0.4, -0.2) is 110 Å². The van der Waals surface area contributed by atoms with Crippen LogP contribution in [0.1, 0.15) is 29.5 Å². The topological polar surface area (TPSA) is 108 Å². The highest BCUT2D eigenvalue weighted by atomic mass is 16.5. The molecule has 2 aromatic carbocycles. The Morgan fingerprint density at radius 2 is 1.35 bits per heavy atom. The Morgan fingerprint density at radius 3 is 1.91 bits per heavy atom. The van der Waals surface area contributed by atoms with Gasteiger partial charge in [0.1, 0.15) is 23.1 Å². The van der Waals surface area contributed by atoms with Crippen LogP contribution in [0.3, 0.4) is 0 Å². The Bertz CT molecular complexity index is 1960. The maximum atomic E-state index is 5.68. The molecule has 0 spiro atoms. The molecule has 0 saturated carbocycles. The number of aromatic nitrogens is 5. The van der Waals surface area contributed by atoms with E-state index in [1.807, 2.05) is 42.9 Å². The SMILES string of the molecule is COc1ccc(CN(Cc2ccc(OC)cc2)c2ncc(-c3nc(N4CCOCC4)nc4c3CCN4c3ccc(N4CCC(N(C)C)CC4)nc3)cn2)cc1. The number of anilines is 5. The summed E-state index contributed by atoms with van der Waals surface area (Å²) in [6, 6.07) is 21.2. The molecule has 5 aromatic rings. The van der Waals surface area contributed by atoms with Crippen LogP contribution in [0.2, 0.25) is 0 Å². The van der Waals surface area contributed by atoms with E-state index in [0.717, 1.165) is 109 Å². The van der Waals surface area contributed by atoms with Crippen molar-refractivity contribution in [1.29, 1.82) is 0 Å². The van der Waals surface area contributed by atoms with Gasteiger partial charge in [-0.2, -0.15) is 4.98 Å². The van der Waals surface area contributed by atoms with Crippen molar-refractivity contribution in [3.05, 3.63) is 95.9 Å². The molecule has 286 valence electrons. The van der Waals surface area contributed by atoms with E-state index in [0.29, 0.717) is 44.2 Å². The second-order valence-corrected chi connectivity index (χ2v) is 14.6. The molecule has 0 aliphatic carbocycles. The van der Waals surface area contributed by atoms with Crippen molar-refractivity contribution in [1.82, 2.24) is 29.8 Å². The maximum absolute atomic E-state index is 5.68. The summed E-state index contributed by atoms with van der Waals surface area (Å²) in [7, 11) is 7.71. The third kappa shape index (κ3) is 8.13. The molecule has 13 nitrogen and oxygen atoms in total. The van der Waals surface area contributed by atoms with Gasteiger partial charge in [0, 0.05) is 75.4 Å². The fourth-order valence-corrected chi connectivity index (χ4v) is 7.68. The van der Waals surface area contributed by atoms with Crippen molar-refractivity contribution in [3.63, 3.8) is 0 Å². The van der Waals surface area contributed by atoms with Gasteiger partial charge in [-0.1, -0.05) is 24.3 Å². The molecule has 0 N–H and O–H groups in total. The Labute approximate surface area is 323 Å². The van der Waals surface area contributed by atoms with Crippen LogP contribution < -0.4 is 29.1 Å². The van der Waals surface area contributed by atoms with Gasteiger partial charge in [-0.05, 0) is 80.9 Å². The Morgan fingerprint density at radius 1 is 0.709 bits per heavy atom. The first-order valence-corrected chi connectivity index (χ1v) is 19.2. The van der Waals surface area contributed by atoms with Gasteiger partial charge in [0.25, 0.3) is 0 Å². The molecule has 0 bridgehead atoms. The average molecular weight is 743 g/mol. The fraction of sp³-hybridized carbons (Fsp3) is 0.405. The maximum Gasteiger partial charge on any atom is 0.228 e. The van der Waals surface area contributed by atoms with Gasteiger partial charge in [0.15, 0.2) is 0 Å². The number of hydrogen-bond donors (Lipinski definition) is 0. The molecule has 0 amide bonds. The number of piperidine rings is 1. The molecule has 2 fully saturated rings. The Kier molecular flexibility index (Phi) is 10.9. The van der Waals surface area contributed by atoms with Crippen molar-refractivity contribution in [2.24, 2.45) is 0 Å². The smallest absolute Gasteiger partial charge is 0.228 e. The number of methoxy groups -OCH3 is 2. The monoisotopic (exact) mass is 742 g/mol. The summed E-state index contributed by atoms with van der Waals surface area (Å²) >= 11 is 0. The molecule has 0 unspecified atom stereocenters. The highest BCUT2D eigenvalue weighted by Crippen LogP contribution is 2.39. The summed E-state index contributed by atoms with van der Waals surface area (Å²) in [5.74, 6) is 4.92. The molecule has 55 heavy (non-hydrogen) atoms. The van der Waals surface area contributed by atoms with Crippen LogP contribution in [0.5, 0.6) is 11.5 Å². The van der Waals surface area contributed by atoms with E-state index in [4.69, 9.17) is 39.1 Å². The van der Waals surface area contributed by atoms with E-state index in [-0.39, 0.29) is 0 Å². The first-order chi connectivity index (χ1) is 26.9. The average Bonchev–Trinajstić information content (AvgIpc) is 3.68. The first kappa shape index (κ1) is 36.4. The van der Waals surface area contributed by atoms with Crippen molar-refractivity contribution < 1.29 is 14.2 Å². The predicted octanol–water partition coefficient (Wildman–Crippen LogP) is 5.61. The van der Waals surface area contributed by atoms with Gasteiger partial charge in [-0.25, -0.2) is 19.9 Å². The van der Waals surface area contributed by atoms with Gasteiger partial charge in [0.2, 0.25) is 11.9 Å². The van der Waals surface area contributed by atoms with Gasteiger partial charge in [-0.15, -0.1) is 0 Å². The second-order valence-electron chi connectivity index (χ2n) is 14.6. The lowest BCUT2D eigenvalue weighted by Gasteiger charge is -2.36. The third-order valence-corrected chi connectivity index (χ3v) is 10.9. The quantitative estimate of drug-likeness (QED) is 0.158. The number of nitrogens with zero attached hydrogens (tertiary/aromatic N) is 10. The summed E-state index contributed by atoms with van der Waals surface area (Å²) in [6.07, 6.45) is 8.90. The van der Waals surface area contributed by atoms with E-state index in [1.165, 1.54) is 0 Å².